The van der Waals surface area contributed by atoms with E-state index in [1.54, 1.807) is 36.4 Å². The van der Waals surface area contributed by atoms with Crippen molar-refractivity contribution >= 4 is 5.97 Å². The Labute approximate surface area is 136 Å². The van der Waals surface area contributed by atoms with Crippen LogP contribution in [0.4, 0.5) is 4.39 Å². The van der Waals surface area contributed by atoms with Gasteiger partial charge in [0.15, 0.2) is 0 Å². The Kier molecular flexibility index (Phi) is 4.46. The molecule has 1 heterocycles. The molecular weight excluding hydrogens is 315 g/mol. The van der Waals surface area contributed by atoms with E-state index < -0.39 is 12.6 Å². The van der Waals surface area contributed by atoms with Crippen molar-refractivity contribution in [3.8, 4) is 17.1 Å². The van der Waals surface area contributed by atoms with Crippen molar-refractivity contribution in [2.24, 2.45) is 0 Å². The molecular formula is C16H12FN4O3-. The maximum Gasteiger partial charge on any atom is 0.208 e. The standard InChI is InChI=1S/C16H13FN4O3/c17-12-7-5-11(6-8-12)9-21-19-16(18-20-21)13-3-1-2-4-14(13)24-10-15(22)23/h1-8H,9-10H2,(H,22,23)/p-1. The minimum absolute atomic E-state index is 0.297. The van der Waals surface area contributed by atoms with Crippen LogP contribution in [0.15, 0.2) is 48.5 Å². The molecule has 122 valence electrons. The second-order valence-electron chi connectivity index (χ2n) is 4.93. The lowest BCUT2D eigenvalue weighted by molar-refractivity contribution is -0.307. The molecule has 8 heteroatoms. The van der Waals surface area contributed by atoms with Crippen molar-refractivity contribution in [1.29, 1.82) is 0 Å². The number of carboxylic acids is 1. The number of benzene rings is 2. The number of carbonyl (C=O) groups excluding carboxylic acids is 1. The summed E-state index contributed by atoms with van der Waals surface area (Å²) in [5.74, 6) is -1.02. The monoisotopic (exact) mass is 327 g/mol. The van der Waals surface area contributed by atoms with Gasteiger partial charge in [0.1, 0.15) is 18.2 Å². The van der Waals surface area contributed by atoms with Crippen molar-refractivity contribution in [3.63, 3.8) is 0 Å². The van der Waals surface area contributed by atoms with Gasteiger partial charge < -0.3 is 14.6 Å². The minimum Gasteiger partial charge on any atom is -0.546 e. The first kappa shape index (κ1) is 15.6. The van der Waals surface area contributed by atoms with Crippen LogP contribution in [0.2, 0.25) is 0 Å². The number of rotatable bonds is 6. The Hall–Kier alpha value is -3.29. The van der Waals surface area contributed by atoms with Gasteiger partial charge in [-0.3, -0.25) is 0 Å². The summed E-state index contributed by atoms with van der Waals surface area (Å²) < 4.78 is 18.1. The van der Waals surface area contributed by atoms with Crippen molar-refractivity contribution in [2.45, 2.75) is 6.54 Å². The number of tetrazole rings is 1. The quantitative estimate of drug-likeness (QED) is 0.660. The molecule has 0 unspecified atom stereocenters. The second-order valence-corrected chi connectivity index (χ2v) is 4.93. The van der Waals surface area contributed by atoms with Crippen LogP contribution >= 0.6 is 0 Å². The van der Waals surface area contributed by atoms with Crippen molar-refractivity contribution in [1.82, 2.24) is 20.2 Å². The molecule has 1 aromatic heterocycles. The third-order valence-electron chi connectivity index (χ3n) is 3.16. The summed E-state index contributed by atoms with van der Waals surface area (Å²) in [5, 5.41) is 22.7. The molecule has 0 radical (unpaired) electrons. The normalized spacial score (nSPS) is 10.5. The van der Waals surface area contributed by atoms with Crippen LogP contribution in [-0.2, 0) is 11.3 Å². The summed E-state index contributed by atoms with van der Waals surface area (Å²) in [6.07, 6.45) is 0. The zero-order valence-corrected chi connectivity index (χ0v) is 12.4. The molecule has 0 spiro atoms. The van der Waals surface area contributed by atoms with Gasteiger partial charge >= 0.3 is 0 Å². The summed E-state index contributed by atoms with van der Waals surface area (Å²) in [6.45, 7) is -0.240. The number of hydrogen-bond acceptors (Lipinski definition) is 6. The lowest BCUT2D eigenvalue weighted by Crippen LogP contribution is -2.29. The molecule has 0 atom stereocenters. The Morgan fingerprint density at radius 2 is 1.92 bits per heavy atom. The van der Waals surface area contributed by atoms with E-state index in [2.05, 4.69) is 15.4 Å². The first-order valence-corrected chi connectivity index (χ1v) is 7.06. The molecule has 24 heavy (non-hydrogen) atoms. The van der Waals surface area contributed by atoms with Gasteiger partial charge in [0, 0.05) is 0 Å². The largest absolute Gasteiger partial charge is 0.546 e. The third-order valence-corrected chi connectivity index (χ3v) is 3.16. The smallest absolute Gasteiger partial charge is 0.208 e. The zero-order chi connectivity index (χ0) is 16.9. The van der Waals surface area contributed by atoms with E-state index >= 15 is 0 Å². The van der Waals surface area contributed by atoms with Crippen LogP contribution in [0.1, 0.15) is 5.56 Å². The highest BCUT2D eigenvalue weighted by atomic mass is 19.1. The van der Waals surface area contributed by atoms with Crippen LogP contribution in [0.25, 0.3) is 11.4 Å². The van der Waals surface area contributed by atoms with Crippen LogP contribution < -0.4 is 9.84 Å². The molecule has 0 aliphatic carbocycles. The Bertz CT molecular complexity index is 849. The van der Waals surface area contributed by atoms with E-state index in [9.17, 15) is 14.3 Å². The van der Waals surface area contributed by atoms with Gasteiger partial charge in [-0.1, -0.05) is 24.3 Å². The number of aromatic nitrogens is 4. The van der Waals surface area contributed by atoms with Crippen molar-refractivity contribution in [3.05, 3.63) is 59.9 Å². The van der Waals surface area contributed by atoms with E-state index in [1.165, 1.54) is 16.9 Å². The summed E-state index contributed by atoms with van der Waals surface area (Å²) in [5.41, 5.74) is 1.34. The summed E-state index contributed by atoms with van der Waals surface area (Å²) in [6, 6.07) is 12.7. The van der Waals surface area contributed by atoms with Gasteiger partial charge in [0.05, 0.1) is 18.1 Å². The van der Waals surface area contributed by atoms with Crippen LogP contribution in [-0.4, -0.2) is 32.8 Å². The molecule has 0 aliphatic rings. The molecule has 0 amide bonds. The number of aliphatic carboxylic acids is 1. The maximum atomic E-state index is 12.9. The van der Waals surface area contributed by atoms with Gasteiger partial charge in [0.25, 0.3) is 0 Å². The maximum absolute atomic E-state index is 12.9. The fraction of sp³-hybridized carbons (Fsp3) is 0.125. The topological polar surface area (TPSA) is 93.0 Å². The number of hydrogen-bond donors (Lipinski definition) is 0. The van der Waals surface area contributed by atoms with Crippen LogP contribution in [0.5, 0.6) is 5.75 Å². The first-order chi connectivity index (χ1) is 11.6. The van der Waals surface area contributed by atoms with Crippen LogP contribution in [0, 0.1) is 5.82 Å². The van der Waals surface area contributed by atoms with Gasteiger partial charge in [-0.15, -0.1) is 10.2 Å². The minimum atomic E-state index is -1.32. The van der Waals surface area contributed by atoms with E-state index in [4.69, 9.17) is 4.74 Å². The van der Waals surface area contributed by atoms with E-state index in [0.717, 1.165) is 5.56 Å². The van der Waals surface area contributed by atoms with Gasteiger partial charge in [0.2, 0.25) is 5.82 Å². The highest BCUT2D eigenvalue weighted by Gasteiger charge is 2.12. The van der Waals surface area contributed by atoms with E-state index in [0.29, 0.717) is 23.7 Å². The number of halogens is 1. The molecule has 0 fully saturated rings. The Morgan fingerprint density at radius 1 is 1.17 bits per heavy atom. The summed E-state index contributed by atoms with van der Waals surface area (Å²) in [4.78, 5) is 11.9. The van der Waals surface area contributed by atoms with E-state index in [-0.39, 0.29) is 5.82 Å². The molecule has 0 bridgehead atoms. The lowest BCUT2D eigenvalue weighted by atomic mass is 10.2. The molecule has 0 N–H and O–H groups in total. The van der Waals surface area contributed by atoms with Gasteiger partial charge in [-0.2, -0.15) is 4.80 Å². The number of para-hydroxylation sites is 1. The zero-order valence-electron chi connectivity index (χ0n) is 12.4. The number of carboxylic acid groups (broad SMARTS) is 1. The van der Waals surface area contributed by atoms with Crippen molar-refractivity contribution < 1.29 is 19.0 Å². The van der Waals surface area contributed by atoms with Crippen molar-refractivity contribution in [2.75, 3.05) is 6.61 Å². The molecule has 7 nitrogen and oxygen atoms in total. The molecule has 0 aliphatic heterocycles. The first-order valence-electron chi connectivity index (χ1n) is 7.06. The number of carbonyl (C=O) groups is 1. The molecule has 0 saturated carbocycles. The third kappa shape index (κ3) is 3.72. The molecule has 3 rings (SSSR count). The van der Waals surface area contributed by atoms with E-state index in [1.807, 2.05) is 0 Å². The summed E-state index contributed by atoms with van der Waals surface area (Å²) in [7, 11) is 0. The number of nitrogens with zero attached hydrogens (tertiary/aromatic N) is 4. The average molecular weight is 327 g/mol. The fourth-order valence-corrected chi connectivity index (χ4v) is 2.09. The highest BCUT2D eigenvalue weighted by molar-refractivity contribution is 5.68. The lowest BCUT2D eigenvalue weighted by Gasteiger charge is -2.09. The Morgan fingerprint density at radius 3 is 2.67 bits per heavy atom. The molecule has 2 aromatic carbocycles. The van der Waals surface area contributed by atoms with Crippen LogP contribution in [0.3, 0.4) is 0 Å². The second kappa shape index (κ2) is 6.86. The predicted molar refractivity (Wildman–Crippen MR) is 79.3 cm³/mol. The molecule has 0 saturated heterocycles. The highest BCUT2D eigenvalue weighted by Crippen LogP contribution is 2.26. The Balaban J connectivity index is 1.80. The summed E-state index contributed by atoms with van der Waals surface area (Å²) >= 11 is 0. The average Bonchev–Trinajstić information content (AvgIpc) is 3.03. The number of ether oxygens (including phenoxy) is 1. The van der Waals surface area contributed by atoms with Gasteiger partial charge in [-0.05, 0) is 35.0 Å². The SMILES string of the molecule is O=C([O-])COc1ccccc1-c1nnn(Cc2ccc(F)cc2)n1. The predicted octanol–water partition coefficient (Wildman–Crippen LogP) is 0.656. The van der Waals surface area contributed by atoms with Gasteiger partial charge in [-0.25, -0.2) is 4.39 Å². The molecule has 3 aromatic rings. The fourth-order valence-electron chi connectivity index (χ4n) is 2.09.